The number of nitrogens with zero attached hydrogens (tertiary/aromatic N) is 3. The van der Waals surface area contributed by atoms with Crippen LogP contribution in [-0.2, 0) is 44.9 Å². The molecule has 3 unspecified atom stereocenters. The van der Waals surface area contributed by atoms with Crippen molar-refractivity contribution in [3.8, 4) is 12.1 Å². The van der Waals surface area contributed by atoms with Gasteiger partial charge in [-0.3, -0.25) is 5.32 Å². The molecule has 5 atom stereocenters. The molecule has 0 bridgehead atoms. The van der Waals surface area contributed by atoms with Gasteiger partial charge in [-0.1, -0.05) is 91.0 Å². The Morgan fingerprint density at radius 3 is 1.76 bits per heavy atom. The molecule has 11 nitrogen and oxygen atoms in total. The summed E-state index contributed by atoms with van der Waals surface area (Å²) < 4.78 is 37.9. The maximum atomic E-state index is 9.08. The number of rotatable bonds is 30. The number of hydrogen-bond acceptors (Lipinski definition) is 12. The van der Waals surface area contributed by atoms with Gasteiger partial charge in [-0.05, 0) is 75.6 Å². The summed E-state index contributed by atoms with van der Waals surface area (Å²) in [6, 6.07) is 34.3. The molecule has 3 rings (SSSR count). The highest BCUT2D eigenvalue weighted by atomic mass is 32.5. The van der Waals surface area contributed by atoms with Crippen LogP contribution in [0.25, 0.3) is 0 Å². The first-order chi connectivity index (χ1) is 28.0. The van der Waals surface area contributed by atoms with Crippen LogP contribution in [0.15, 0.2) is 91.0 Å². The Kier molecular flexibility index (Phi) is 23.9. The number of benzene rings is 3. The van der Waals surface area contributed by atoms with Crippen LogP contribution in [-0.4, -0.2) is 96.0 Å². The fraction of sp³-hybridized carbons (Fsp3) is 0.512. The first-order valence-electron chi connectivity index (χ1n) is 19.6. The highest BCUT2D eigenvalue weighted by Crippen LogP contribution is 2.46. The van der Waals surface area contributed by atoms with Crippen molar-refractivity contribution in [3.63, 3.8) is 0 Å². The van der Waals surface area contributed by atoms with Crippen molar-refractivity contribution >= 4 is 55.3 Å². The Morgan fingerprint density at radius 1 is 0.741 bits per heavy atom. The van der Waals surface area contributed by atoms with E-state index in [4.69, 9.17) is 65.6 Å². The largest absolute Gasteiger partial charge is 0.386 e. The molecular formula is C41H57B2N5O6P2S2. The second-order valence-corrected chi connectivity index (χ2v) is 19.0. The highest BCUT2D eigenvalue weighted by Gasteiger charge is 2.36. The number of nitrogens with one attached hydrogen (secondary N) is 2. The molecule has 4 radical (unpaired) electrons. The van der Waals surface area contributed by atoms with Gasteiger partial charge >= 0.3 is 0 Å². The van der Waals surface area contributed by atoms with Gasteiger partial charge in [-0.15, -0.1) is 12.6 Å². The monoisotopic (exact) mass is 863 g/mol. The molecule has 0 aliphatic carbocycles. The summed E-state index contributed by atoms with van der Waals surface area (Å²) >= 11 is 10.3. The van der Waals surface area contributed by atoms with Crippen LogP contribution < -0.4 is 10.4 Å². The van der Waals surface area contributed by atoms with Crippen LogP contribution in [0.5, 0.6) is 0 Å². The zero-order valence-corrected chi connectivity index (χ0v) is 37.5. The van der Waals surface area contributed by atoms with E-state index in [1.807, 2.05) is 54.6 Å². The van der Waals surface area contributed by atoms with Crippen molar-refractivity contribution in [1.29, 1.82) is 10.5 Å². The smallest absolute Gasteiger partial charge is 0.261 e. The predicted octanol–water partition coefficient (Wildman–Crippen LogP) is 7.68. The van der Waals surface area contributed by atoms with Gasteiger partial charge in [0.2, 0.25) is 0 Å². The topological polar surface area (TPSA) is 130 Å². The molecule has 3 aromatic carbocycles. The molecule has 0 heterocycles. The molecule has 0 saturated heterocycles. The van der Waals surface area contributed by atoms with Crippen LogP contribution >= 0.6 is 27.8 Å². The molecule has 0 fully saturated rings. The summed E-state index contributed by atoms with van der Waals surface area (Å²) in [6.45, 7) is 6.95. The van der Waals surface area contributed by atoms with Gasteiger partial charge in [0.25, 0.3) is 15.2 Å². The van der Waals surface area contributed by atoms with Crippen molar-refractivity contribution in [2.24, 2.45) is 0 Å². The summed E-state index contributed by atoms with van der Waals surface area (Å²) in [4.78, 5) is 0. The van der Waals surface area contributed by atoms with E-state index in [-0.39, 0.29) is 58.0 Å². The summed E-state index contributed by atoms with van der Waals surface area (Å²) in [5.41, 5.74) is 2.10. The molecule has 2 N–H and O–H groups in total. The Morgan fingerprint density at radius 2 is 1.24 bits per heavy atom. The fourth-order valence-electron chi connectivity index (χ4n) is 6.15. The SMILES string of the molecule is [B]C(CCNP(=S)(OCCC#N)OCCO[C@@H]([B])CCNC(c1ccccc1)(c1ccccc1)c1ccccc1)O[C@@H](S)COP(OCCC#N)N(C(C)C)C(C)C. The van der Waals surface area contributed by atoms with Crippen molar-refractivity contribution in [2.45, 2.75) is 88.4 Å². The number of nitriles is 2. The lowest BCUT2D eigenvalue weighted by Gasteiger charge is -2.37. The van der Waals surface area contributed by atoms with Crippen LogP contribution in [0.3, 0.4) is 0 Å². The van der Waals surface area contributed by atoms with Crippen molar-refractivity contribution in [1.82, 2.24) is 15.1 Å². The number of thiol groups is 1. The molecule has 0 amide bonds. The third-order valence-corrected chi connectivity index (χ3v) is 13.7. The van der Waals surface area contributed by atoms with E-state index in [9.17, 15) is 0 Å². The van der Waals surface area contributed by atoms with Crippen molar-refractivity contribution in [3.05, 3.63) is 108 Å². The Balaban J connectivity index is 1.50. The van der Waals surface area contributed by atoms with Crippen molar-refractivity contribution in [2.75, 3.05) is 46.1 Å². The Labute approximate surface area is 361 Å². The molecule has 0 spiro atoms. The number of ether oxygens (including phenoxy) is 2. The molecule has 0 aliphatic rings. The van der Waals surface area contributed by atoms with E-state index in [0.717, 1.165) is 16.7 Å². The molecule has 3 aromatic rings. The second-order valence-electron chi connectivity index (χ2n) is 13.7. The maximum absolute atomic E-state index is 9.08. The van der Waals surface area contributed by atoms with Gasteiger partial charge in [0.05, 0.1) is 63.6 Å². The van der Waals surface area contributed by atoms with Crippen LogP contribution in [0.4, 0.5) is 0 Å². The first kappa shape index (κ1) is 50.2. The zero-order valence-electron chi connectivity index (χ0n) is 34.0. The summed E-state index contributed by atoms with van der Waals surface area (Å²) in [7, 11) is 11.3. The minimum Gasteiger partial charge on any atom is -0.386 e. The standard InChI is InChI=1S/C41H57B2N5O6P2S2/c1-33(2)48(34(3)4)55(50-28-14-24-44)51-32-40(57)54-39(43)23-27-47-56(58,52-29-15-25-45)53-31-30-49-38(42)22-26-46-41(35-16-8-5-9-17-35,36-18-10-6-11-19-36)37-20-12-7-13-21-37/h5-13,16-21,33-34,38-40,46,57H,14-15,22-23,26-32H2,1-4H3,(H,47,58)/t38-,39?,40+,55?,56?/m1/s1. The van der Waals surface area contributed by atoms with E-state index >= 15 is 0 Å². The quantitative estimate of drug-likeness (QED) is 0.0152. The molecule has 17 heteroatoms. The Hall–Kier alpha value is -2.16. The van der Waals surface area contributed by atoms with Gasteiger partial charge < -0.3 is 27.6 Å². The van der Waals surface area contributed by atoms with Crippen LogP contribution in [0, 0.1) is 22.7 Å². The minimum absolute atomic E-state index is 0.112. The van der Waals surface area contributed by atoms with Crippen LogP contribution in [0.1, 0.15) is 70.1 Å². The average molecular weight is 864 g/mol. The van der Waals surface area contributed by atoms with Crippen LogP contribution in [0.2, 0.25) is 0 Å². The third kappa shape index (κ3) is 17.1. The Bertz CT molecular complexity index is 1590. The molecular weight excluding hydrogens is 806 g/mol. The fourth-order valence-corrected chi connectivity index (χ4v) is 10.1. The van der Waals surface area contributed by atoms with E-state index in [1.54, 1.807) is 0 Å². The summed E-state index contributed by atoms with van der Waals surface area (Å²) in [6.07, 6.45) is 1.31. The molecule has 0 aromatic heterocycles. The molecule has 0 saturated carbocycles. The lowest BCUT2D eigenvalue weighted by atomic mass is 9.77. The highest BCUT2D eigenvalue weighted by molar-refractivity contribution is 8.08. The summed E-state index contributed by atoms with van der Waals surface area (Å²) in [5, 5.41) is 25.0. The maximum Gasteiger partial charge on any atom is 0.261 e. The molecule has 310 valence electrons. The van der Waals surface area contributed by atoms with Gasteiger partial charge in [0.15, 0.2) is 0 Å². The normalized spacial score (nSPS) is 15.1. The lowest BCUT2D eigenvalue weighted by molar-refractivity contribution is 0.0465. The third-order valence-electron chi connectivity index (χ3n) is 8.65. The summed E-state index contributed by atoms with van der Waals surface area (Å²) in [5.74, 6) is 0. The van der Waals surface area contributed by atoms with Gasteiger partial charge in [-0.2, -0.15) is 10.5 Å². The predicted molar refractivity (Wildman–Crippen MR) is 241 cm³/mol. The minimum atomic E-state index is -3.01. The molecule has 0 aliphatic heterocycles. The van der Waals surface area contributed by atoms with Gasteiger partial charge in [0.1, 0.15) is 21.1 Å². The molecule has 58 heavy (non-hydrogen) atoms. The zero-order chi connectivity index (χ0) is 42.2. The van der Waals surface area contributed by atoms with Gasteiger partial charge in [-0.25, -0.2) is 9.76 Å². The van der Waals surface area contributed by atoms with E-state index in [0.29, 0.717) is 25.9 Å². The average Bonchev–Trinajstić information content (AvgIpc) is 3.21. The van der Waals surface area contributed by atoms with Crippen molar-refractivity contribution < 1.29 is 27.6 Å². The second kappa shape index (κ2) is 27.6. The van der Waals surface area contributed by atoms with Gasteiger partial charge in [0, 0.05) is 30.6 Å². The van der Waals surface area contributed by atoms with E-state index < -0.39 is 38.2 Å². The van der Waals surface area contributed by atoms with E-state index in [1.165, 1.54) is 0 Å². The van der Waals surface area contributed by atoms with E-state index in [2.05, 4.69) is 104 Å². The first-order valence-corrected chi connectivity index (χ1v) is 23.8. The lowest BCUT2D eigenvalue weighted by Crippen LogP contribution is -2.45. The number of hydrogen-bond donors (Lipinski definition) is 3.